The van der Waals surface area contributed by atoms with Gasteiger partial charge in [-0.1, -0.05) is 43.2 Å². The van der Waals surface area contributed by atoms with E-state index in [0.29, 0.717) is 11.9 Å². The van der Waals surface area contributed by atoms with Crippen LogP contribution >= 0.6 is 0 Å². The maximum absolute atomic E-state index is 12.6. The number of carbonyl (C=O) groups excluding carboxylic acids is 1. The minimum absolute atomic E-state index is 0.274. The van der Waals surface area contributed by atoms with Gasteiger partial charge in [0.05, 0.1) is 6.54 Å². The number of hydrogen-bond donors (Lipinski definition) is 2. The summed E-state index contributed by atoms with van der Waals surface area (Å²) in [4.78, 5) is 21.8. The topological polar surface area (TPSA) is 60.0 Å². The molecule has 2 fully saturated rings. The van der Waals surface area contributed by atoms with Crippen LogP contribution in [0.25, 0.3) is 0 Å². The number of amides is 1. The maximum Gasteiger partial charge on any atom is 0.225 e. The maximum atomic E-state index is 12.6. The van der Waals surface area contributed by atoms with Crippen LogP contribution in [0.1, 0.15) is 44.6 Å². The number of likely N-dealkylation sites (N-methyl/N-ethyl adjacent to an activating group) is 1. The molecule has 1 unspecified atom stereocenters. The lowest BCUT2D eigenvalue weighted by Crippen LogP contribution is -2.45. The van der Waals surface area contributed by atoms with Crippen molar-refractivity contribution >= 4 is 11.9 Å². The second-order valence-corrected chi connectivity index (χ2v) is 8.38. The molecule has 2 aliphatic rings. The molecule has 6 heteroatoms. The Kier molecular flexibility index (Phi) is 8.35. The Bertz CT molecular complexity index is 656. The number of aliphatic imine (C=N–C) groups is 1. The smallest absolute Gasteiger partial charge is 0.225 e. The zero-order valence-corrected chi connectivity index (χ0v) is 18.1. The van der Waals surface area contributed by atoms with Crippen LogP contribution < -0.4 is 10.6 Å². The van der Waals surface area contributed by atoms with E-state index >= 15 is 0 Å². The van der Waals surface area contributed by atoms with Gasteiger partial charge in [-0.25, -0.2) is 0 Å². The molecule has 1 aliphatic carbocycles. The highest BCUT2D eigenvalue weighted by Crippen LogP contribution is 2.27. The average molecular weight is 400 g/mol. The minimum atomic E-state index is 0.274. The summed E-state index contributed by atoms with van der Waals surface area (Å²) in [6, 6.07) is 10.8. The van der Waals surface area contributed by atoms with Crippen molar-refractivity contribution < 1.29 is 4.79 Å². The monoisotopic (exact) mass is 399 g/mol. The van der Waals surface area contributed by atoms with Crippen LogP contribution in [0.3, 0.4) is 0 Å². The number of rotatable bonds is 8. The van der Waals surface area contributed by atoms with E-state index < -0.39 is 0 Å². The van der Waals surface area contributed by atoms with Crippen molar-refractivity contribution in [3.8, 4) is 0 Å². The summed E-state index contributed by atoms with van der Waals surface area (Å²) in [5.74, 6) is 1.51. The van der Waals surface area contributed by atoms with Crippen LogP contribution in [-0.2, 0) is 11.3 Å². The first-order valence-corrected chi connectivity index (χ1v) is 11.2. The highest BCUT2D eigenvalue weighted by Gasteiger charge is 2.32. The van der Waals surface area contributed by atoms with Crippen LogP contribution in [0.5, 0.6) is 0 Å². The molecule has 2 N–H and O–H groups in total. The molecular formula is C23H37N5O. The lowest BCUT2D eigenvalue weighted by Gasteiger charge is -2.21. The van der Waals surface area contributed by atoms with Crippen molar-refractivity contribution in [1.82, 2.24) is 20.4 Å². The Morgan fingerprint density at radius 1 is 1.21 bits per heavy atom. The number of likely N-dealkylation sites (tertiary alicyclic amines) is 1. The Labute approximate surface area is 175 Å². The van der Waals surface area contributed by atoms with Crippen molar-refractivity contribution in [3.05, 3.63) is 35.9 Å². The Morgan fingerprint density at radius 3 is 2.69 bits per heavy atom. The van der Waals surface area contributed by atoms with Gasteiger partial charge in [0.1, 0.15) is 0 Å². The second-order valence-electron chi connectivity index (χ2n) is 8.38. The van der Waals surface area contributed by atoms with E-state index in [1.165, 1.54) is 18.4 Å². The van der Waals surface area contributed by atoms with Crippen molar-refractivity contribution in [2.45, 2.75) is 51.6 Å². The van der Waals surface area contributed by atoms with Gasteiger partial charge >= 0.3 is 0 Å². The molecule has 160 valence electrons. The standard InChI is InChI=1S/C23H37N5O/c1-3-24-23(25-14-16-27(2)17-19-9-5-4-6-10-19)26-21-13-15-28(18-21)22(29)20-11-7-8-12-20/h4-6,9-10,20-21H,3,7-8,11-18H2,1-2H3,(H2,24,25,26). The van der Waals surface area contributed by atoms with Crippen LogP contribution in [-0.4, -0.2) is 67.5 Å². The third kappa shape index (κ3) is 6.74. The molecule has 0 aromatic heterocycles. The zero-order chi connectivity index (χ0) is 20.5. The molecule has 1 amide bonds. The van der Waals surface area contributed by atoms with E-state index in [2.05, 4.69) is 58.7 Å². The summed E-state index contributed by atoms with van der Waals surface area (Å²) in [5, 5.41) is 6.89. The quantitative estimate of drug-likeness (QED) is 0.521. The van der Waals surface area contributed by atoms with E-state index in [1.54, 1.807) is 0 Å². The summed E-state index contributed by atoms with van der Waals surface area (Å²) in [6.07, 6.45) is 5.57. The van der Waals surface area contributed by atoms with Crippen molar-refractivity contribution in [2.24, 2.45) is 10.9 Å². The largest absolute Gasteiger partial charge is 0.357 e. The Balaban J connectivity index is 1.43. The van der Waals surface area contributed by atoms with Gasteiger partial charge in [0.15, 0.2) is 5.96 Å². The van der Waals surface area contributed by atoms with E-state index in [0.717, 1.165) is 64.5 Å². The Morgan fingerprint density at radius 2 is 1.97 bits per heavy atom. The lowest BCUT2D eigenvalue weighted by molar-refractivity contribution is -0.134. The van der Waals surface area contributed by atoms with E-state index in [-0.39, 0.29) is 5.92 Å². The first-order valence-electron chi connectivity index (χ1n) is 11.2. The summed E-state index contributed by atoms with van der Waals surface area (Å²) in [7, 11) is 2.13. The third-order valence-electron chi connectivity index (χ3n) is 5.94. The lowest BCUT2D eigenvalue weighted by atomic mass is 10.1. The first kappa shape index (κ1) is 21.6. The fourth-order valence-corrected chi connectivity index (χ4v) is 4.33. The SMILES string of the molecule is CCNC(=NCCN(C)Cc1ccccc1)NC1CCN(C(=O)C2CCCC2)C1. The number of nitrogens with zero attached hydrogens (tertiary/aromatic N) is 3. The molecule has 6 nitrogen and oxygen atoms in total. The number of carbonyl (C=O) groups is 1. The molecule has 29 heavy (non-hydrogen) atoms. The predicted octanol–water partition coefficient (Wildman–Crippen LogP) is 2.46. The molecule has 1 aromatic rings. The minimum Gasteiger partial charge on any atom is -0.357 e. The summed E-state index contributed by atoms with van der Waals surface area (Å²) in [6.45, 7) is 7.17. The fraction of sp³-hybridized carbons (Fsp3) is 0.652. The van der Waals surface area contributed by atoms with Crippen LogP contribution in [0.15, 0.2) is 35.3 Å². The molecule has 3 rings (SSSR count). The molecular weight excluding hydrogens is 362 g/mol. The molecule has 1 atom stereocenters. The number of benzene rings is 1. The molecule has 0 spiro atoms. The highest BCUT2D eigenvalue weighted by atomic mass is 16.2. The molecule has 0 bridgehead atoms. The summed E-state index contributed by atoms with van der Waals surface area (Å²) in [5.41, 5.74) is 1.32. The Hall–Kier alpha value is -2.08. The van der Waals surface area contributed by atoms with Gasteiger partial charge in [-0.2, -0.15) is 0 Å². The van der Waals surface area contributed by atoms with E-state index in [9.17, 15) is 4.79 Å². The molecule has 1 aliphatic heterocycles. The first-order chi connectivity index (χ1) is 14.2. The van der Waals surface area contributed by atoms with Gasteiger partial charge in [-0.15, -0.1) is 0 Å². The van der Waals surface area contributed by atoms with Crippen molar-refractivity contribution in [3.63, 3.8) is 0 Å². The average Bonchev–Trinajstić information content (AvgIpc) is 3.41. The number of nitrogens with one attached hydrogen (secondary N) is 2. The summed E-state index contributed by atoms with van der Waals surface area (Å²) < 4.78 is 0. The van der Waals surface area contributed by atoms with Gasteiger partial charge in [0.2, 0.25) is 5.91 Å². The molecule has 1 aromatic carbocycles. The van der Waals surface area contributed by atoms with Crippen molar-refractivity contribution in [1.29, 1.82) is 0 Å². The van der Waals surface area contributed by atoms with Gasteiger partial charge < -0.3 is 20.4 Å². The van der Waals surface area contributed by atoms with Crippen molar-refractivity contribution in [2.75, 3.05) is 39.8 Å². The van der Waals surface area contributed by atoms with E-state index in [1.807, 2.05) is 6.07 Å². The third-order valence-corrected chi connectivity index (χ3v) is 5.94. The van der Waals surface area contributed by atoms with Gasteiger partial charge in [-0.3, -0.25) is 9.79 Å². The fourth-order valence-electron chi connectivity index (χ4n) is 4.33. The molecule has 0 radical (unpaired) electrons. The van der Waals surface area contributed by atoms with Gasteiger partial charge in [0, 0.05) is 44.7 Å². The van der Waals surface area contributed by atoms with Crippen LogP contribution in [0.4, 0.5) is 0 Å². The van der Waals surface area contributed by atoms with Crippen LogP contribution in [0.2, 0.25) is 0 Å². The summed E-state index contributed by atoms with van der Waals surface area (Å²) >= 11 is 0. The zero-order valence-electron chi connectivity index (χ0n) is 18.1. The van der Waals surface area contributed by atoms with Gasteiger partial charge in [-0.05, 0) is 38.8 Å². The second kappa shape index (κ2) is 11.2. The number of guanidine groups is 1. The highest BCUT2D eigenvalue weighted by molar-refractivity contribution is 5.81. The molecule has 1 saturated carbocycles. The van der Waals surface area contributed by atoms with Gasteiger partial charge in [0.25, 0.3) is 0 Å². The number of hydrogen-bond acceptors (Lipinski definition) is 3. The molecule has 1 saturated heterocycles. The predicted molar refractivity (Wildman–Crippen MR) is 119 cm³/mol. The molecule has 1 heterocycles. The van der Waals surface area contributed by atoms with Crippen LogP contribution in [0, 0.1) is 5.92 Å². The normalized spacial score (nSPS) is 20.4. The van der Waals surface area contributed by atoms with E-state index in [4.69, 9.17) is 4.99 Å².